The predicted octanol–water partition coefficient (Wildman–Crippen LogP) is 2.91. The van der Waals surface area contributed by atoms with Gasteiger partial charge in [0.15, 0.2) is 0 Å². The molecule has 1 nitrogen and oxygen atoms in total. The lowest BCUT2D eigenvalue weighted by Crippen LogP contribution is -2.21. The van der Waals surface area contributed by atoms with Crippen molar-refractivity contribution in [2.45, 2.75) is 18.9 Å². The van der Waals surface area contributed by atoms with Crippen molar-refractivity contribution in [3.05, 3.63) is 46.9 Å². The van der Waals surface area contributed by atoms with E-state index in [1.807, 2.05) is 37.3 Å². The van der Waals surface area contributed by atoms with Crippen molar-refractivity contribution in [3.63, 3.8) is 0 Å². The molecule has 1 unspecified atom stereocenters. The molecule has 1 aromatic rings. The lowest BCUT2D eigenvalue weighted by atomic mass is 9.95. The van der Waals surface area contributed by atoms with E-state index in [0.717, 1.165) is 22.6 Å². The van der Waals surface area contributed by atoms with Crippen LogP contribution in [0.15, 0.2) is 41.3 Å². The smallest absolute Gasteiger partial charge is 0.117 e. The highest BCUT2D eigenvalue weighted by atomic mass is 32.2. The van der Waals surface area contributed by atoms with Crippen molar-refractivity contribution in [2.75, 3.05) is 5.75 Å². The van der Waals surface area contributed by atoms with Gasteiger partial charge in [-0.3, -0.25) is 0 Å². The summed E-state index contributed by atoms with van der Waals surface area (Å²) >= 11 is 1.76. The van der Waals surface area contributed by atoms with E-state index in [1.54, 1.807) is 11.8 Å². The topological polar surface area (TPSA) is 20.2 Å². The summed E-state index contributed by atoms with van der Waals surface area (Å²) in [6, 6.07) is 9.84. The Bertz CT molecular complexity index is 341. The molecule has 0 spiro atoms. The van der Waals surface area contributed by atoms with Gasteiger partial charge in [-0.25, -0.2) is 0 Å². The summed E-state index contributed by atoms with van der Waals surface area (Å²) in [5.41, 5.74) is 0.170. The molecule has 0 amide bonds. The first-order valence-corrected chi connectivity index (χ1v) is 5.81. The third kappa shape index (κ3) is 1.72. The Kier molecular flexibility index (Phi) is 2.66. The van der Waals surface area contributed by atoms with E-state index in [2.05, 4.69) is 6.08 Å². The maximum Gasteiger partial charge on any atom is 0.117 e. The molecule has 0 saturated heterocycles. The Balaban J connectivity index is 2.32. The minimum absolute atomic E-state index is 0.803. The summed E-state index contributed by atoms with van der Waals surface area (Å²) in [5, 5.41) is 10.4. The highest BCUT2D eigenvalue weighted by Gasteiger charge is 2.29. The Morgan fingerprint density at radius 1 is 1.29 bits per heavy atom. The van der Waals surface area contributed by atoms with E-state index in [-0.39, 0.29) is 0 Å². The number of thioether (sulfide) groups is 1. The monoisotopic (exact) mass is 206 g/mol. The van der Waals surface area contributed by atoms with Crippen LogP contribution in [0.3, 0.4) is 0 Å². The van der Waals surface area contributed by atoms with Gasteiger partial charge in [0.2, 0.25) is 0 Å². The van der Waals surface area contributed by atoms with Gasteiger partial charge in [-0.1, -0.05) is 36.4 Å². The zero-order valence-corrected chi connectivity index (χ0v) is 9.05. The average Bonchev–Trinajstić information content (AvgIpc) is 2.72. The third-order valence-corrected chi connectivity index (χ3v) is 3.84. The van der Waals surface area contributed by atoms with Crippen molar-refractivity contribution in [1.29, 1.82) is 0 Å². The Labute approximate surface area is 88.8 Å². The van der Waals surface area contributed by atoms with Crippen molar-refractivity contribution >= 4 is 11.8 Å². The highest BCUT2D eigenvalue weighted by molar-refractivity contribution is 8.03. The second-order valence-corrected chi connectivity index (χ2v) is 4.78. The van der Waals surface area contributed by atoms with Crippen molar-refractivity contribution in [3.8, 4) is 0 Å². The molecule has 74 valence electrons. The van der Waals surface area contributed by atoms with Gasteiger partial charge >= 0.3 is 0 Å². The molecule has 2 rings (SSSR count). The molecule has 0 fully saturated rings. The molecular weight excluding hydrogens is 192 g/mol. The number of hydrogen-bond acceptors (Lipinski definition) is 2. The third-order valence-electron chi connectivity index (χ3n) is 2.52. The number of hydrogen-bond donors (Lipinski definition) is 1. The molecule has 1 aromatic carbocycles. The van der Waals surface area contributed by atoms with Gasteiger partial charge in [0.1, 0.15) is 5.60 Å². The molecule has 0 aliphatic carbocycles. The number of benzene rings is 1. The van der Waals surface area contributed by atoms with Crippen molar-refractivity contribution < 1.29 is 5.11 Å². The van der Waals surface area contributed by atoms with Gasteiger partial charge in [0.05, 0.1) is 0 Å². The van der Waals surface area contributed by atoms with Crippen LogP contribution in [0.25, 0.3) is 0 Å². The standard InChI is InChI=1S/C12H14OS/c1-12(13,11-8-5-9-14-11)10-6-3-2-4-7-10/h2-4,6-8,13H,5,9H2,1H3. The van der Waals surface area contributed by atoms with Crippen molar-refractivity contribution in [1.82, 2.24) is 0 Å². The fourth-order valence-electron chi connectivity index (χ4n) is 1.66. The molecule has 14 heavy (non-hydrogen) atoms. The van der Waals surface area contributed by atoms with Crippen LogP contribution in [0.2, 0.25) is 0 Å². The first-order valence-electron chi connectivity index (χ1n) is 4.82. The molecule has 0 bridgehead atoms. The molecule has 1 N–H and O–H groups in total. The molecule has 0 aromatic heterocycles. The van der Waals surface area contributed by atoms with Gasteiger partial charge in [0.25, 0.3) is 0 Å². The zero-order chi connectivity index (χ0) is 10.0. The molecule has 2 heteroatoms. The lowest BCUT2D eigenvalue weighted by molar-refractivity contribution is 0.107. The fourth-order valence-corrected chi connectivity index (χ4v) is 2.75. The second-order valence-electron chi connectivity index (χ2n) is 3.64. The van der Waals surface area contributed by atoms with E-state index in [9.17, 15) is 5.11 Å². The quantitative estimate of drug-likeness (QED) is 0.803. The maximum absolute atomic E-state index is 10.4. The first-order chi connectivity index (χ1) is 6.71. The van der Waals surface area contributed by atoms with E-state index < -0.39 is 5.60 Å². The lowest BCUT2D eigenvalue weighted by Gasteiger charge is -2.24. The van der Waals surface area contributed by atoms with Gasteiger partial charge in [-0.05, 0) is 18.9 Å². The van der Waals surface area contributed by atoms with E-state index >= 15 is 0 Å². The highest BCUT2D eigenvalue weighted by Crippen LogP contribution is 2.40. The summed E-state index contributed by atoms with van der Waals surface area (Å²) in [5.74, 6) is 1.10. The largest absolute Gasteiger partial charge is 0.380 e. The van der Waals surface area contributed by atoms with Crippen LogP contribution in [0, 0.1) is 0 Å². The summed E-state index contributed by atoms with van der Waals surface area (Å²) in [4.78, 5) is 1.09. The Hall–Kier alpha value is -0.730. The minimum Gasteiger partial charge on any atom is -0.380 e. The van der Waals surface area contributed by atoms with E-state index in [1.165, 1.54) is 0 Å². The number of aliphatic hydroxyl groups is 1. The van der Waals surface area contributed by atoms with Gasteiger partial charge < -0.3 is 5.11 Å². The second kappa shape index (κ2) is 3.79. The van der Waals surface area contributed by atoms with Crippen LogP contribution in [0.5, 0.6) is 0 Å². The fraction of sp³-hybridized carbons (Fsp3) is 0.333. The first kappa shape index (κ1) is 9.81. The normalized spacial score (nSPS) is 20.3. The predicted molar refractivity (Wildman–Crippen MR) is 61.2 cm³/mol. The van der Waals surface area contributed by atoms with Crippen LogP contribution >= 0.6 is 11.8 Å². The zero-order valence-electron chi connectivity index (χ0n) is 8.23. The molecule has 1 atom stereocenters. The summed E-state index contributed by atoms with van der Waals surface area (Å²) < 4.78 is 0. The molecule has 0 radical (unpaired) electrons. The molecule has 1 aliphatic heterocycles. The minimum atomic E-state index is -0.803. The van der Waals surface area contributed by atoms with Crippen LogP contribution in [0.4, 0.5) is 0 Å². The van der Waals surface area contributed by atoms with E-state index in [4.69, 9.17) is 0 Å². The Morgan fingerprint density at radius 3 is 2.57 bits per heavy atom. The van der Waals surface area contributed by atoms with Crippen LogP contribution in [-0.4, -0.2) is 10.9 Å². The summed E-state index contributed by atoms with van der Waals surface area (Å²) in [6.07, 6.45) is 3.21. The summed E-state index contributed by atoms with van der Waals surface area (Å²) in [7, 11) is 0. The van der Waals surface area contributed by atoms with Gasteiger partial charge in [-0.15, -0.1) is 11.8 Å². The summed E-state index contributed by atoms with van der Waals surface area (Å²) in [6.45, 7) is 1.87. The van der Waals surface area contributed by atoms with Gasteiger partial charge in [0, 0.05) is 10.7 Å². The van der Waals surface area contributed by atoms with Crippen LogP contribution < -0.4 is 0 Å². The SMILES string of the molecule is CC(O)(C1=CCCS1)c1ccccc1. The van der Waals surface area contributed by atoms with Crippen LogP contribution in [-0.2, 0) is 5.60 Å². The molecule has 1 heterocycles. The van der Waals surface area contributed by atoms with Crippen LogP contribution in [0.1, 0.15) is 18.9 Å². The van der Waals surface area contributed by atoms with Crippen molar-refractivity contribution in [2.24, 2.45) is 0 Å². The molecular formula is C12H14OS. The Morgan fingerprint density at radius 2 is 2.00 bits per heavy atom. The number of rotatable bonds is 2. The number of allylic oxidation sites excluding steroid dienone is 1. The van der Waals surface area contributed by atoms with Gasteiger partial charge in [-0.2, -0.15) is 0 Å². The molecule has 1 aliphatic rings. The van der Waals surface area contributed by atoms with E-state index in [0.29, 0.717) is 0 Å². The maximum atomic E-state index is 10.4. The average molecular weight is 206 g/mol. The molecule has 0 saturated carbocycles.